The summed E-state index contributed by atoms with van der Waals surface area (Å²) in [6.45, 7) is 6.83. The molecule has 0 bridgehead atoms. The average Bonchev–Trinajstić information content (AvgIpc) is 2.31. The van der Waals surface area contributed by atoms with Crippen LogP contribution in [0.25, 0.3) is 0 Å². The first kappa shape index (κ1) is 12.0. The molecule has 2 nitrogen and oxygen atoms in total. The Morgan fingerprint density at radius 3 is 2.12 bits per heavy atom. The van der Waals surface area contributed by atoms with Gasteiger partial charge in [0.05, 0.1) is 0 Å². The Balaban J connectivity index is 1.41. The second kappa shape index (κ2) is 4.89. The Morgan fingerprint density at radius 1 is 0.941 bits per heavy atom. The fourth-order valence-electron chi connectivity index (χ4n) is 4.00. The van der Waals surface area contributed by atoms with Gasteiger partial charge in [-0.15, -0.1) is 0 Å². The van der Waals surface area contributed by atoms with Gasteiger partial charge in [-0.2, -0.15) is 0 Å². The molecule has 2 saturated heterocycles. The second-order valence-corrected chi connectivity index (χ2v) is 6.90. The maximum absolute atomic E-state index is 2.76. The third-order valence-corrected chi connectivity index (χ3v) is 5.69. The predicted molar refractivity (Wildman–Crippen MR) is 72.2 cm³/mol. The zero-order valence-electron chi connectivity index (χ0n) is 11.5. The summed E-state index contributed by atoms with van der Waals surface area (Å²) in [6.07, 6.45) is 10.4. The summed E-state index contributed by atoms with van der Waals surface area (Å²) in [6, 6.07) is 0. The summed E-state index contributed by atoms with van der Waals surface area (Å²) in [5, 5.41) is 0. The van der Waals surface area contributed by atoms with Crippen molar-refractivity contribution in [2.75, 3.05) is 39.8 Å². The molecular formula is C15H28N2. The molecule has 0 N–H and O–H groups in total. The Hall–Kier alpha value is -0.0800. The summed E-state index contributed by atoms with van der Waals surface area (Å²) in [5.41, 5.74) is 0.823. The van der Waals surface area contributed by atoms with Gasteiger partial charge in [0.1, 0.15) is 0 Å². The van der Waals surface area contributed by atoms with Gasteiger partial charge in [-0.3, -0.25) is 0 Å². The fourth-order valence-corrected chi connectivity index (χ4v) is 4.00. The molecule has 2 aliphatic heterocycles. The quantitative estimate of drug-likeness (QED) is 0.727. The van der Waals surface area contributed by atoms with Crippen molar-refractivity contribution in [3.63, 3.8) is 0 Å². The maximum Gasteiger partial charge on any atom is 0.00106 e. The molecule has 1 spiro atoms. The molecule has 98 valence electrons. The third kappa shape index (κ3) is 2.68. The average molecular weight is 236 g/mol. The first-order valence-corrected chi connectivity index (χ1v) is 7.67. The van der Waals surface area contributed by atoms with Gasteiger partial charge in [0.15, 0.2) is 0 Å². The summed E-state index contributed by atoms with van der Waals surface area (Å²) < 4.78 is 0. The van der Waals surface area contributed by atoms with Gasteiger partial charge in [0.2, 0.25) is 0 Å². The number of hydrogen-bond donors (Lipinski definition) is 0. The topological polar surface area (TPSA) is 6.48 Å². The monoisotopic (exact) mass is 236 g/mol. The second-order valence-electron chi connectivity index (χ2n) is 6.90. The van der Waals surface area contributed by atoms with Crippen LogP contribution in [0.1, 0.15) is 44.9 Å². The Labute approximate surface area is 106 Å². The molecule has 0 amide bonds. The van der Waals surface area contributed by atoms with Crippen molar-refractivity contribution < 1.29 is 0 Å². The molecule has 0 aromatic rings. The zero-order chi connectivity index (χ0) is 11.7. The van der Waals surface area contributed by atoms with Gasteiger partial charge < -0.3 is 9.80 Å². The van der Waals surface area contributed by atoms with Crippen LogP contribution in [0.15, 0.2) is 0 Å². The normalized spacial score (nSPS) is 31.6. The predicted octanol–water partition coefficient (Wildman–Crippen LogP) is 2.59. The van der Waals surface area contributed by atoms with Crippen LogP contribution in [0.3, 0.4) is 0 Å². The van der Waals surface area contributed by atoms with E-state index in [4.69, 9.17) is 0 Å². The van der Waals surface area contributed by atoms with E-state index in [-0.39, 0.29) is 0 Å². The lowest BCUT2D eigenvalue weighted by molar-refractivity contribution is 0.0234. The standard InChI is InChI=1S/C15H28N2/c1-16-9-3-14(4-10-16)13-17-11-7-15(8-12-17)5-2-6-15/h14H,2-13H2,1H3. The Bertz CT molecular complexity index is 242. The smallest absolute Gasteiger partial charge is 0.00106 e. The van der Waals surface area contributed by atoms with Gasteiger partial charge in [-0.05, 0) is 83.1 Å². The minimum Gasteiger partial charge on any atom is -0.306 e. The van der Waals surface area contributed by atoms with E-state index in [1.165, 1.54) is 77.7 Å². The number of rotatable bonds is 2. The van der Waals surface area contributed by atoms with E-state index in [0.717, 1.165) is 11.3 Å². The van der Waals surface area contributed by atoms with Crippen molar-refractivity contribution in [2.24, 2.45) is 11.3 Å². The molecule has 3 fully saturated rings. The van der Waals surface area contributed by atoms with Crippen molar-refractivity contribution in [2.45, 2.75) is 44.9 Å². The SMILES string of the molecule is CN1CCC(CN2CCC3(CCC3)CC2)CC1. The van der Waals surface area contributed by atoms with E-state index in [1.54, 1.807) is 0 Å². The molecule has 1 aliphatic carbocycles. The molecule has 0 aromatic heterocycles. The molecule has 3 aliphatic rings. The van der Waals surface area contributed by atoms with E-state index < -0.39 is 0 Å². The van der Waals surface area contributed by atoms with Crippen LogP contribution in [0, 0.1) is 11.3 Å². The highest BCUT2D eigenvalue weighted by molar-refractivity contribution is 4.92. The van der Waals surface area contributed by atoms with Gasteiger partial charge in [0.25, 0.3) is 0 Å². The molecule has 3 rings (SSSR count). The molecule has 0 atom stereocenters. The van der Waals surface area contributed by atoms with Gasteiger partial charge in [-0.1, -0.05) is 6.42 Å². The highest BCUT2D eigenvalue weighted by atomic mass is 15.1. The van der Waals surface area contributed by atoms with Crippen LogP contribution in [0.4, 0.5) is 0 Å². The van der Waals surface area contributed by atoms with Gasteiger partial charge >= 0.3 is 0 Å². The number of piperidine rings is 2. The number of likely N-dealkylation sites (tertiary alicyclic amines) is 2. The Kier molecular flexibility index (Phi) is 3.45. The molecule has 1 saturated carbocycles. The van der Waals surface area contributed by atoms with Crippen LogP contribution in [0.5, 0.6) is 0 Å². The molecule has 0 aromatic carbocycles. The van der Waals surface area contributed by atoms with E-state index in [1.807, 2.05) is 0 Å². The highest BCUT2D eigenvalue weighted by Gasteiger charge is 2.39. The van der Waals surface area contributed by atoms with Crippen LogP contribution in [0.2, 0.25) is 0 Å². The molecule has 17 heavy (non-hydrogen) atoms. The van der Waals surface area contributed by atoms with Crippen LogP contribution in [-0.4, -0.2) is 49.6 Å². The first-order valence-electron chi connectivity index (χ1n) is 7.67. The minimum atomic E-state index is 0.823. The first-order chi connectivity index (χ1) is 8.26. The van der Waals surface area contributed by atoms with Crippen LogP contribution < -0.4 is 0 Å². The van der Waals surface area contributed by atoms with E-state index in [9.17, 15) is 0 Å². The van der Waals surface area contributed by atoms with Crippen molar-refractivity contribution in [3.05, 3.63) is 0 Å². The lowest BCUT2D eigenvalue weighted by atomic mass is 9.63. The molecule has 2 heterocycles. The van der Waals surface area contributed by atoms with Crippen molar-refractivity contribution in [1.82, 2.24) is 9.80 Å². The van der Waals surface area contributed by atoms with E-state index in [2.05, 4.69) is 16.8 Å². The summed E-state index contributed by atoms with van der Waals surface area (Å²) in [7, 11) is 2.26. The lowest BCUT2D eigenvalue weighted by Gasteiger charge is -2.48. The lowest BCUT2D eigenvalue weighted by Crippen LogP contribution is -2.46. The highest BCUT2D eigenvalue weighted by Crippen LogP contribution is 2.48. The zero-order valence-corrected chi connectivity index (χ0v) is 11.5. The van der Waals surface area contributed by atoms with E-state index >= 15 is 0 Å². The number of hydrogen-bond acceptors (Lipinski definition) is 2. The molecule has 2 heteroatoms. The molecular weight excluding hydrogens is 208 g/mol. The maximum atomic E-state index is 2.76. The third-order valence-electron chi connectivity index (χ3n) is 5.69. The van der Waals surface area contributed by atoms with Crippen LogP contribution in [-0.2, 0) is 0 Å². The largest absolute Gasteiger partial charge is 0.306 e. The van der Waals surface area contributed by atoms with Gasteiger partial charge in [-0.25, -0.2) is 0 Å². The van der Waals surface area contributed by atoms with Crippen molar-refractivity contribution >= 4 is 0 Å². The summed E-state index contributed by atoms with van der Waals surface area (Å²) in [5.74, 6) is 0.988. The molecule has 0 unspecified atom stereocenters. The van der Waals surface area contributed by atoms with Crippen LogP contribution >= 0.6 is 0 Å². The fraction of sp³-hybridized carbons (Fsp3) is 1.00. The molecule has 0 radical (unpaired) electrons. The van der Waals surface area contributed by atoms with Gasteiger partial charge in [0, 0.05) is 6.54 Å². The Morgan fingerprint density at radius 2 is 1.59 bits per heavy atom. The minimum absolute atomic E-state index is 0.823. The summed E-state index contributed by atoms with van der Waals surface area (Å²) in [4.78, 5) is 5.25. The summed E-state index contributed by atoms with van der Waals surface area (Å²) >= 11 is 0. The van der Waals surface area contributed by atoms with Crippen molar-refractivity contribution in [1.29, 1.82) is 0 Å². The van der Waals surface area contributed by atoms with Crippen molar-refractivity contribution in [3.8, 4) is 0 Å². The number of nitrogens with zero attached hydrogens (tertiary/aromatic N) is 2. The van der Waals surface area contributed by atoms with E-state index in [0.29, 0.717) is 0 Å².